The molecule has 3 fully saturated rings. The van der Waals surface area contributed by atoms with Crippen molar-refractivity contribution in [2.75, 3.05) is 19.6 Å². The van der Waals surface area contributed by atoms with Gasteiger partial charge in [-0.3, -0.25) is 4.79 Å². The molecule has 19 heavy (non-hydrogen) atoms. The lowest BCUT2D eigenvalue weighted by molar-refractivity contribution is -0.123. The van der Waals surface area contributed by atoms with Crippen molar-refractivity contribution < 1.29 is 4.79 Å². The van der Waals surface area contributed by atoms with Crippen molar-refractivity contribution >= 4 is 5.91 Å². The molecule has 3 atom stereocenters. The van der Waals surface area contributed by atoms with Crippen molar-refractivity contribution in [2.24, 2.45) is 23.7 Å². The first-order valence-electron chi connectivity index (χ1n) is 8.33. The number of piperidine rings is 1. The second-order valence-electron chi connectivity index (χ2n) is 6.86. The van der Waals surface area contributed by atoms with Gasteiger partial charge in [-0.15, -0.1) is 0 Å². The van der Waals surface area contributed by atoms with E-state index in [1.807, 2.05) is 0 Å². The van der Waals surface area contributed by atoms with Gasteiger partial charge in [0.05, 0.1) is 0 Å². The molecule has 1 aliphatic heterocycles. The van der Waals surface area contributed by atoms with E-state index >= 15 is 0 Å². The van der Waals surface area contributed by atoms with E-state index in [1.54, 1.807) is 0 Å². The summed E-state index contributed by atoms with van der Waals surface area (Å²) >= 11 is 0. The molecule has 0 spiro atoms. The van der Waals surface area contributed by atoms with Crippen molar-refractivity contribution in [3.05, 3.63) is 0 Å². The molecule has 3 heteroatoms. The summed E-state index contributed by atoms with van der Waals surface area (Å²) in [6, 6.07) is 0. The predicted molar refractivity (Wildman–Crippen MR) is 76.8 cm³/mol. The summed E-state index contributed by atoms with van der Waals surface area (Å²) in [6.07, 6.45) is 10.6. The Balaban J connectivity index is 1.37. The summed E-state index contributed by atoms with van der Waals surface area (Å²) in [5.41, 5.74) is 0. The first kappa shape index (κ1) is 13.4. The average Bonchev–Trinajstić information content (AvgIpc) is 3.27. The molecule has 3 nitrogen and oxygen atoms in total. The Labute approximate surface area is 116 Å². The molecule has 0 aromatic rings. The van der Waals surface area contributed by atoms with Gasteiger partial charge in [-0.1, -0.05) is 32.1 Å². The van der Waals surface area contributed by atoms with Crippen LogP contribution in [0.15, 0.2) is 0 Å². The Morgan fingerprint density at radius 2 is 1.95 bits per heavy atom. The molecule has 1 saturated heterocycles. The van der Waals surface area contributed by atoms with Crippen LogP contribution < -0.4 is 10.6 Å². The lowest BCUT2D eigenvalue weighted by Gasteiger charge is -2.23. The maximum Gasteiger partial charge on any atom is 0.223 e. The molecule has 0 bridgehead atoms. The van der Waals surface area contributed by atoms with E-state index in [1.165, 1.54) is 51.4 Å². The molecule has 3 rings (SSSR count). The van der Waals surface area contributed by atoms with Gasteiger partial charge < -0.3 is 10.6 Å². The minimum atomic E-state index is 0.348. The number of carbonyl (C=O) groups excluding carboxylic acids is 1. The maximum absolute atomic E-state index is 12.2. The quantitative estimate of drug-likeness (QED) is 0.818. The minimum Gasteiger partial charge on any atom is -0.356 e. The van der Waals surface area contributed by atoms with Gasteiger partial charge in [0.25, 0.3) is 0 Å². The Kier molecular flexibility index (Phi) is 4.42. The molecule has 0 aromatic heterocycles. The van der Waals surface area contributed by atoms with Crippen molar-refractivity contribution in [1.82, 2.24) is 10.6 Å². The van der Waals surface area contributed by atoms with Gasteiger partial charge in [0.1, 0.15) is 0 Å². The molecular formula is C16H28N2O. The second kappa shape index (κ2) is 6.25. The zero-order valence-corrected chi connectivity index (χ0v) is 12.0. The number of hydrogen-bond donors (Lipinski definition) is 2. The Morgan fingerprint density at radius 1 is 1.11 bits per heavy atom. The highest BCUT2D eigenvalue weighted by atomic mass is 16.2. The maximum atomic E-state index is 12.2. The third-order valence-corrected chi connectivity index (χ3v) is 5.40. The van der Waals surface area contributed by atoms with Crippen LogP contribution in [0.5, 0.6) is 0 Å². The normalized spacial score (nSPS) is 35.9. The first-order valence-corrected chi connectivity index (χ1v) is 8.33. The third-order valence-electron chi connectivity index (χ3n) is 5.40. The lowest BCUT2D eigenvalue weighted by Crippen LogP contribution is -2.38. The van der Waals surface area contributed by atoms with Crippen molar-refractivity contribution in [3.8, 4) is 0 Å². The zero-order valence-electron chi connectivity index (χ0n) is 12.0. The first-order chi connectivity index (χ1) is 9.34. The highest BCUT2D eigenvalue weighted by molar-refractivity contribution is 5.81. The number of carbonyl (C=O) groups is 1. The van der Waals surface area contributed by atoms with Gasteiger partial charge in [-0.2, -0.15) is 0 Å². The molecule has 3 unspecified atom stereocenters. The minimum absolute atomic E-state index is 0.348. The molecule has 2 saturated carbocycles. The highest BCUT2D eigenvalue weighted by Gasteiger charge is 2.47. The molecule has 1 heterocycles. The summed E-state index contributed by atoms with van der Waals surface area (Å²) in [5, 5.41) is 6.62. The van der Waals surface area contributed by atoms with Crippen LogP contribution in [0.25, 0.3) is 0 Å². The number of nitrogens with one attached hydrogen (secondary N) is 2. The molecule has 0 radical (unpaired) electrons. The smallest absolute Gasteiger partial charge is 0.223 e. The fourth-order valence-corrected chi connectivity index (χ4v) is 4.07. The fraction of sp³-hybridized carbons (Fsp3) is 0.938. The van der Waals surface area contributed by atoms with Crippen LogP contribution in [-0.4, -0.2) is 25.5 Å². The van der Waals surface area contributed by atoms with Crippen LogP contribution in [0, 0.1) is 23.7 Å². The lowest BCUT2D eigenvalue weighted by atomic mass is 9.85. The SMILES string of the molecule is O=C(NCC1CCCNC1)C1CC1C1CCCCC1. The van der Waals surface area contributed by atoms with E-state index in [2.05, 4.69) is 10.6 Å². The summed E-state index contributed by atoms with van der Waals surface area (Å²) in [7, 11) is 0. The molecule has 108 valence electrons. The second-order valence-corrected chi connectivity index (χ2v) is 6.86. The summed E-state index contributed by atoms with van der Waals surface area (Å²) in [6.45, 7) is 3.12. The number of hydrogen-bond acceptors (Lipinski definition) is 2. The van der Waals surface area contributed by atoms with Crippen LogP contribution in [0.3, 0.4) is 0 Å². The van der Waals surface area contributed by atoms with E-state index in [9.17, 15) is 4.79 Å². The number of rotatable bonds is 4. The van der Waals surface area contributed by atoms with E-state index in [-0.39, 0.29) is 0 Å². The average molecular weight is 264 g/mol. The van der Waals surface area contributed by atoms with E-state index < -0.39 is 0 Å². The molecule has 2 N–H and O–H groups in total. The van der Waals surface area contributed by atoms with E-state index in [0.29, 0.717) is 17.7 Å². The monoisotopic (exact) mass is 264 g/mol. The molecule has 1 amide bonds. The fourth-order valence-electron chi connectivity index (χ4n) is 4.07. The van der Waals surface area contributed by atoms with Gasteiger partial charge in [0.2, 0.25) is 5.91 Å². The van der Waals surface area contributed by atoms with Crippen LogP contribution in [0.1, 0.15) is 51.4 Å². The van der Waals surface area contributed by atoms with Gasteiger partial charge in [0.15, 0.2) is 0 Å². The number of amides is 1. The summed E-state index contributed by atoms with van der Waals surface area (Å²) in [5.74, 6) is 2.95. The molecule has 3 aliphatic rings. The van der Waals surface area contributed by atoms with Crippen LogP contribution >= 0.6 is 0 Å². The predicted octanol–water partition coefficient (Wildman–Crippen LogP) is 2.32. The standard InChI is InChI=1S/C16H28N2O/c19-16(18-11-12-5-4-8-17-10-12)15-9-14(15)13-6-2-1-3-7-13/h12-15,17H,1-11H2,(H,18,19). The van der Waals surface area contributed by atoms with Crippen molar-refractivity contribution in [3.63, 3.8) is 0 Å². The van der Waals surface area contributed by atoms with Crippen LogP contribution in [0.4, 0.5) is 0 Å². The van der Waals surface area contributed by atoms with Crippen molar-refractivity contribution in [1.29, 1.82) is 0 Å². The largest absolute Gasteiger partial charge is 0.356 e. The molecular weight excluding hydrogens is 236 g/mol. The van der Waals surface area contributed by atoms with Gasteiger partial charge in [0, 0.05) is 12.5 Å². The Morgan fingerprint density at radius 3 is 2.68 bits per heavy atom. The molecule has 0 aromatic carbocycles. The molecule has 2 aliphatic carbocycles. The zero-order chi connectivity index (χ0) is 13.1. The third kappa shape index (κ3) is 3.50. The van der Waals surface area contributed by atoms with Gasteiger partial charge in [-0.25, -0.2) is 0 Å². The van der Waals surface area contributed by atoms with Gasteiger partial charge >= 0.3 is 0 Å². The van der Waals surface area contributed by atoms with E-state index in [0.717, 1.165) is 31.5 Å². The summed E-state index contributed by atoms with van der Waals surface area (Å²) in [4.78, 5) is 12.2. The van der Waals surface area contributed by atoms with E-state index in [4.69, 9.17) is 0 Å². The Hall–Kier alpha value is -0.570. The highest BCUT2D eigenvalue weighted by Crippen LogP contribution is 2.49. The topological polar surface area (TPSA) is 41.1 Å². The van der Waals surface area contributed by atoms with Crippen LogP contribution in [0.2, 0.25) is 0 Å². The van der Waals surface area contributed by atoms with Crippen molar-refractivity contribution in [2.45, 2.75) is 51.4 Å². The van der Waals surface area contributed by atoms with Gasteiger partial charge in [-0.05, 0) is 50.1 Å². The summed E-state index contributed by atoms with van der Waals surface area (Å²) < 4.78 is 0. The van der Waals surface area contributed by atoms with Crippen LogP contribution in [-0.2, 0) is 4.79 Å². The Bertz CT molecular complexity index is 306.